The predicted octanol–water partition coefficient (Wildman–Crippen LogP) is 6.77. The number of sulfonamides is 1. The van der Waals surface area contributed by atoms with Crippen LogP contribution in [-0.4, -0.2) is 89.2 Å². The average molecular weight is 754 g/mol. The second kappa shape index (κ2) is 15.2. The number of rotatable bonds is 5. The highest BCUT2D eigenvalue weighted by Gasteiger charge is 2.50. The average Bonchev–Trinajstić information content (AvgIpc) is 3.26. The first-order valence-electron chi connectivity index (χ1n) is 19.4. The molecule has 5 aliphatic rings. The molecule has 6 atom stereocenters. The van der Waals surface area contributed by atoms with E-state index < -0.39 is 26.8 Å². The fourth-order valence-corrected chi connectivity index (χ4v) is 11.1. The molecule has 9 nitrogen and oxygen atoms in total. The SMILES string of the molecule is CCO[C@@]1(CN2CCC(OC)CC2)/C=C/C[C@H](C)[C@@H](C)S(=O)(=O)NC(=O)c2ccc3c(c2)N(C[C@@H]2CC[C@H]21)C[C@@]1(CCCc2cc(Cl)ccc21)CO3. The van der Waals surface area contributed by atoms with Gasteiger partial charge < -0.3 is 19.1 Å². The third-order valence-electron chi connectivity index (χ3n) is 13.0. The number of allylic oxidation sites excluding steroid dienone is 1. The van der Waals surface area contributed by atoms with Gasteiger partial charge in [-0.1, -0.05) is 36.7 Å². The first-order chi connectivity index (χ1) is 25.0. The molecule has 0 aromatic heterocycles. The number of hydrogen-bond donors (Lipinski definition) is 1. The zero-order valence-corrected chi connectivity index (χ0v) is 32.8. The summed E-state index contributed by atoms with van der Waals surface area (Å²) in [7, 11) is -2.15. The second-order valence-corrected chi connectivity index (χ2v) is 18.6. The summed E-state index contributed by atoms with van der Waals surface area (Å²) in [5, 5.41) is -0.0301. The van der Waals surface area contributed by atoms with Crippen LogP contribution in [0.15, 0.2) is 48.6 Å². The maximum atomic E-state index is 13.6. The molecule has 1 N–H and O–H groups in total. The van der Waals surface area contributed by atoms with Gasteiger partial charge in [-0.3, -0.25) is 9.69 Å². The number of ether oxygens (including phenoxy) is 3. The molecule has 2 bridgehead atoms. The van der Waals surface area contributed by atoms with E-state index in [1.807, 2.05) is 25.1 Å². The van der Waals surface area contributed by atoms with Crippen LogP contribution >= 0.6 is 11.6 Å². The number of halogens is 1. The number of anilines is 1. The summed E-state index contributed by atoms with van der Waals surface area (Å²) in [4.78, 5) is 18.6. The van der Waals surface area contributed by atoms with Crippen molar-refractivity contribution in [3.05, 3.63) is 70.3 Å². The number of benzene rings is 2. The zero-order chi connectivity index (χ0) is 36.7. The molecule has 2 fully saturated rings. The summed E-state index contributed by atoms with van der Waals surface area (Å²) < 4.78 is 49.0. The summed E-state index contributed by atoms with van der Waals surface area (Å²) in [6, 6.07) is 11.7. The molecular formula is C41H56ClN3O6S. The van der Waals surface area contributed by atoms with Crippen molar-refractivity contribution in [1.29, 1.82) is 0 Å². The number of amides is 1. The normalized spacial score (nSPS) is 33.2. The minimum atomic E-state index is -3.96. The topological polar surface area (TPSA) is 97.4 Å². The molecule has 3 heterocycles. The van der Waals surface area contributed by atoms with Crippen LogP contribution in [0.3, 0.4) is 0 Å². The van der Waals surface area contributed by atoms with Crippen molar-refractivity contribution in [1.82, 2.24) is 9.62 Å². The number of hydrogen-bond acceptors (Lipinski definition) is 8. The van der Waals surface area contributed by atoms with Crippen LogP contribution in [0.5, 0.6) is 5.75 Å². The number of likely N-dealkylation sites (tertiary alicyclic amines) is 1. The van der Waals surface area contributed by atoms with Crippen molar-refractivity contribution in [2.75, 3.05) is 57.9 Å². The lowest BCUT2D eigenvalue weighted by Gasteiger charge is -2.52. The van der Waals surface area contributed by atoms with Crippen molar-refractivity contribution >= 4 is 33.2 Å². The number of fused-ring (bicyclic) bond motifs is 4. The smallest absolute Gasteiger partial charge is 0.264 e. The summed E-state index contributed by atoms with van der Waals surface area (Å²) >= 11 is 6.50. The molecule has 1 saturated heterocycles. The van der Waals surface area contributed by atoms with Crippen molar-refractivity contribution in [2.45, 2.75) is 94.5 Å². The molecule has 52 heavy (non-hydrogen) atoms. The molecule has 2 aromatic carbocycles. The number of carbonyl (C=O) groups is 1. The summed E-state index contributed by atoms with van der Waals surface area (Å²) in [5.74, 6) is 0.485. The van der Waals surface area contributed by atoms with E-state index >= 15 is 0 Å². The van der Waals surface area contributed by atoms with Gasteiger partial charge in [-0.05, 0) is 124 Å². The van der Waals surface area contributed by atoms with Crippen LogP contribution in [0.25, 0.3) is 0 Å². The lowest BCUT2D eigenvalue weighted by Crippen LogP contribution is -2.58. The van der Waals surface area contributed by atoms with E-state index in [0.29, 0.717) is 36.9 Å². The maximum absolute atomic E-state index is 13.6. The van der Waals surface area contributed by atoms with E-state index in [-0.39, 0.29) is 23.4 Å². The van der Waals surface area contributed by atoms with E-state index in [0.717, 1.165) is 88.4 Å². The molecule has 3 aliphatic heterocycles. The molecule has 0 unspecified atom stereocenters. The number of aryl methyl sites for hydroxylation is 1. The third kappa shape index (κ3) is 7.39. The van der Waals surface area contributed by atoms with Gasteiger partial charge in [0.05, 0.1) is 23.6 Å². The van der Waals surface area contributed by atoms with Gasteiger partial charge in [-0.2, -0.15) is 0 Å². The summed E-state index contributed by atoms with van der Waals surface area (Å²) in [5.41, 5.74) is 2.91. The number of piperidine rings is 1. The Morgan fingerprint density at radius 1 is 1.08 bits per heavy atom. The van der Waals surface area contributed by atoms with Crippen LogP contribution in [0.4, 0.5) is 5.69 Å². The van der Waals surface area contributed by atoms with Crippen molar-refractivity contribution in [3.63, 3.8) is 0 Å². The van der Waals surface area contributed by atoms with Gasteiger partial charge in [0.25, 0.3) is 5.91 Å². The minimum absolute atomic E-state index is 0.219. The molecule has 1 amide bonds. The monoisotopic (exact) mass is 753 g/mol. The van der Waals surface area contributed by atoms with E-state index in [4.69, 9.17) is 25.8 Å². The Labute approximate surface area is 315 Å². The Hall–Kier alpha value is -2.63. The summed E-state index contributed by atoms with van der Waals surface area (Å²) in [6.45, 7) is 11.0. The lowest BCUT2D eigenvalue weighted by atomic mass is 9.63. The van der Waals surface area contributed by atoms with Crippen LogP contribution in [-0.2, 0) is 31.3 Å². The van der Waals surface area contributed by atoms with E-state index in [1.165, 1.54) is 11.1 Å². The van der Waals surface area contributed by atoms with Gasteiger partial charge in [-0.25, -0.2) is 13.1 Å². The van der Waals surface area contributed by atoms with Crippen LogP contribution in [0, 0.1) is 17.8 Å². The fraction of sp³-hybridized carbons (Fsp3) is 0.634. The Morgan fingerprint density at radius 2 is 1.88 bits per heavy atom. The fourth-order valence-electron chi connectivity index (χ4n) is 9.65. The molecule has 1 spiro atoms. The summed E-state index contributed by atoms with van der Waals surface area (Å²) in [6.07, 6.45) is 12.4. The molecule has 2 aliphatic carbocycles. The molecular weight excluding hydrogens is 698 g/mol. The molecule has 7 rings (SSSR count). The maximum Gasteiger partial charge on any atom is 0.264 e. The Bertz CT molecular complexity index is 1760. The Balaban J connectivity index is 1.31. The number of nitrogens with zero attached hydrogens (tertiary/aromatic N) is 2. The molecule has 0 radical (unpaired) electrons. The van der Waals surface area contributed by atoms with Gasteiger partial charge in [0.2, 0.25) is 10.0 Å². The standard InChI is InChI=1S/C41H56ClN3O6S/c1-5-51-41(26-44-20-16-34(49-4)17-21-44)19-6-8-28(2)29(3)52(47,48)43-39(46)31-11-15-38-37(23-31)45(24-32-10-13-36(32)41)25-40(27-50-38)18-7-9-30-22-33(42)12-14-35(30)40/h6,11-12,14-15,19,22-23,28-29,32,34,36H,5,7-10,13,16-18,20-21,24-27H2,1-4H3,(H,43,46)/b19-6+/t28-,29+,32-,36+,40-,41+/m0/s1. The highest BCUT2D eigenvalue weighted by Crippen LogP contribution is 2.49. The number of methoxy groups -OCH3 is 1. The number of carbonyl (C=O) groups excluding carboxylic acids is 1. The quantitative estimate of drug-likeness (QED) is 0.335. The highest BCUT2D eigenvalue weighted by atomic mass is 35.5. The Kier molecular flexibility index (Phi) is 11.0. The highest BCUT2D eigenvalue weighted by molar-refractivity contribution is 7.90. The van der Waals surface area contributed by atoms with Crippen LogP contribution in [0.1, 0.15) is 87.2 Å². The Morgan fingerprint density at radius 3 is 2.62 bits per heavy atom. The van der Waals surface area contributed by atoms with E-state index in [2.05, 4.69) is 45.7 Å². The van der Waals surface area contributed by atoms with Crippen molar-refractivity contribution in [2.24, 2.45) is 17.8 Å². The van der Waals surface area contributed by atoms with Crippen LogP contribution < -0.4 is 14.4 Å². The van der Waals surface area contributed by atoms with E-state index in [1.54, 1.807) is 20.1 Å². The van der Waals surface area contributed by atoms with Gasteiger partial charge in [0.15, 0.2) is 0 Å². The van der Waals surface area contributed by atoms with Gasteiger partial charge >= 0.3 is 0 Å². The molecule has 11 heteroatoms. The van der Waals surface area contributed by atoms with E-state index in [9.17, 15) is 13.2 Å². The molecule has 284 valence electrons. The van der Waals surface area contributed by atoms with Crippen molar-refractivity contribution < 1.29 is 27.4 Å². The largest absolute Gasteiger partial charge is 0.490 e. The lowest BCUT2D eigenvalue weighted by molar-refractivity contribution is -0.114. The first-order valence-corrected chi connectivity index (χ1v) is 21.3. The van der Waals surface area contributed by atoms with Gasteiger partial charge in [0, 0.05) is 62.4 Å². The predicted molar refractivity (Wildman–Crippen MR) is 206 cm³/mol. The molecule has 1 saturated carbocycles. The van der Waals surface area contributed by atoms with Crippen LogP contribution in [0.2, 0.25) is 5.02 Å². The third-order valence-corrected chi connectivity index (χ3v) is 15.1. The second-order valence-electron chi connectivity index (χ2n) is 16.1. The number of nitrogens with one attached hydrogen (secondary N) is 1. The van der Waals surface area contributed by atoms with Gasteiger partial charge in [-0.15, -0.1) is 0 Å². The zero-order valence-electron chi connectivity index (χ0n) is 31.2. The van der Waals surface area contributed by atoms with Gasteiger partial charge in [0.1, 0.15) is 11.4 Å². The first kappa shape index (κ1) is 37.7. The molecule has 2 aromatic rings. The minimum Gasteiger partial charge on any atom is -0.490 e. The van der Waals surface area contributed by atoms with Crippen molar-refractivity contribution in [3.8, 4) is 5.75 Å².